The van der Waals surface area contributed by atoms with E-state index in [1.54, 1.807) is 6.07 Å². The third kappa shape index (κ3) is 2.97. The minimum Gasteiger partial charge on any atom is -0.318 e. The van der Waals surface area contributed by atoms with Crippen molar-refractivity contribution in [3.63, 3.8) is 0 Å². The van der Waals surface area contributed by atoms with Crippen LogP contribution in [0.4, 0.5) is 0 Å². The molecular weight excluding hydrogens is 246 g/mol. The molecule has 0 heterocycles. The molecule has 2 aromatic carbocycles. The van der Waals surface area contributed by atoms with Crippen LogP contribution in [-0.4, -0.2) is 5.78 Å². The van der Waals surface area contributed by atoms with Crippen LogP contribution < -0.4 is 5.73 Å². The van der Waals surface area contributed by atoms with Crippen LogP contribution in [0.15, 0.2) is 54.6 Å². The highest BCUT2D eigenvalue weighted by molar-refractivity contribution is 6.31. The zero-order chi connectivity index (χ0) is 13.0. The maximum Gasteiger partial charge on any atom is 0.158 e. The van der Waals surface area contributed by atoms with Gasteiger partial charge in [-0.15, -0.1) is 0 Å². The third-order valence-corrected chi connectivity index (χ3v) is 3.20. The Morgan fingerprint density at radius 3 is 2.33 bits per heavy atom. The van der Waals surface area contributed by atoms with Crippen LogP contribution in [0.5, 0.6) is 0 Å². The Balaban J connectivity index is 2.12. The lowest BCUT2D eigenvalue weighted by Gasteiger charge is -2.11. The summed E-state index contributed by atoms with van der Waals surface area (Å²) < 4.78 is 0. The van der Waals surface area contributed by atoms with Crippen molar-refractivity contribution in [3.05, 3.63) is 70.7 Å². The number of Topliss-reactive ketones (excluding diaryl/α,β-unsaturated/α-hetero) is 1. The van der Waals surface area contributed by atoms with Crippen molar-refractivity contribution in [2.75, 3.05) is 0 Å². The summed E-state index contributed by atoms with van der Waals surface area (Å²) in [7, 11) is 0. The zero-order valence-electron chi connectivity index (χ0n) is 9.84. The highest BCUT2D eigenvalue weighted by atomic mass is 35.5. The van der Waals surface area contributed by atoms with Gasteiger partial charge in [-0.05, 0) is 17.2 Å². The molecule has 0 bridgehead atoms. The van der Waals surface area contributed by atoms with E-state index in [0.717, 1.165) is 11.1 Å². The smallest absolute Gasteiger partial charge is 0.158 e. The first kappa shape index (κ1) is 12.8. The van der Waals surface area contributed by atoms with Crippen LogP contribution in [0.25, 0.3) is 0 Å². The molecule has 1 atom stereocenters. The molecule has 0 aliphatic heterocycles. The normalized spacial score (nSPS) is 12.1. The van der Waals surface area contributed by atoms with E-state index in [-0.39, 0.29) is 12.2 Å². The highest BCUT2D eigenvalue weighted by Crippen LogP contribution is 2.19. The number of carbonyl (C=O) groups is 1. The van der Waals surface area contributed by atoms with Gasteiger partial charge in [0.25, 0.3) is 0 Å². The lowest BCUT2D eigenvalue weighted by atomic mass is 9.98. The quantitative estimate of drug-likeness (QED) is 0.917. The average Bonchev–Trinajstić information content (AvgIpc) is 2.41. The number of benzene rings is 2. The van der Waals surface area contributed by atoms with Crippen molar-refractivity contribution in [2.45, 2.75) is 12.5 Å². The molecule has 0 aliphatic carbocycles. The Hall–Kier alpha value is -1.64. The largest absolute Gasteiger partial charge is 0.318 e. The maximum absolute atomic E-state index is 12.1. The minimum atomic E-state index is -0.595. The van der Waals surface area contributed by atoms with Crippen molar-refractivity contribution >= 4 is 17.4 Å². The van der Waals surface area contributed by atoms with E-state index in [9.17, 15) is 4.79 Å². The van der Waals surface area contributed by atoms with Gasteiger partial charge >= 0.3 is 0 Å². The van der Waals surface area contributed by atoms with Gasteiger partial charge in [0.1, 0.15) is 0 Å². The lowest BCUT2D eigenvalue weighted by Crippen LogP contribution is -2.23. The number of halogens is 1. The molecule has 0 saturated carbocycles. The Morgan fingerprint density at radius 1 is 1.06 bits per heavy atom. The number of hydrogen-bond donors (Lipinski definition) is 1. The fourth-order valence-corrected chi connectivity index (χ4v) is 1.99. The first-order chi connectivity index (χ1) is 8.68. The van der Waals surface area contributed by atoms with Gasteiger partial charge in [0.15, 0.2) is 5.78 Å². The molecule has 2 N–H and O–H groups in total. The van der Waals surface area contributed by atoms with E-state index < -0.39 is 6.04 Å². The Kier molecular flexibility index (Phi) is 4.13. The Morgan fingerprint density at radius 2 is 1.67 bits per heavy atom. The Bertz CT molecular complexity index is 539. The van der Waals surface area contributed by atoms with E-state index >= 15 is 0 Å². The van der Waals surface area contributed by atoms with Crippen molar-refractivity contribution in [1.82, 2.24) is 0 Å². The predicted molar refractivity (Wildman–Crippen MR) is 73.5 cm³/mol. The second-order valence-corrected chi connectivity index (χ2v) is 4.53. The van der Waals surface area contributed by atoms with E-state index in [4.69, 9.17) is 17.3 Å². The first-order valence-electron chi connectivity index (χ1n) is 5.75. The van der Waals surface area contributed by atoms with Gasteiger partial charge in [0.2, 0.25) is 0 Å². The monoisotopic (exact) mass is 259 g/mol. The van der Waals surface area contributed by atoms with Crippen LogP contribution in [0.1, 0.15) is 17.2 Å². The second kappa shape index (κ2) is 5.80. The molecule has 2 aromatic rings. The molecule has 2 nitrogen and oxygen atoms in total. The average molecular weight is 260 g/mol. The number of ketones is 1. The fourth-order valence-electron chi connectivity index (χ4n) is 1.79. The number of nitrogens with two attached hydrogens (primary N) is 1. The summed E-state index contributed by atoms with van der Waals surface area (Å²) in [6.07, 6.45) is 0.260. The van der Waals surface area contributed by atoms with E-state index in [0.29, 0.717) is 5.02 Å². The minimum absolute atomic E-state index is 0.0331. The highest BCUT2D eigenvalue weighted by Gasteiger charge is 2.16. The van der Waals surface area contributed by atoms with Crippen LogP contribution >= 0.6 is 11.6 Å². The molecule has 18 heavy (non-hydrogen) atoms. The van der Waals surface area contributed by atoms with Gasteiger partial charge in [-0.2, -0.15) is 0 Å². The standard InChI is InChI=1S/C15H14ClNO/c16-13-9-5-4-8-12(13)10-14(18)15(17)11-6-2-1-3-7-11/h1-9,15H,10,17H2. The van der Waals surface area contributed by atoms with E-state index in [1.807, 2.05) is 48.5 Å². The predicted octanol–water partition coefficient (Wildman–Crippen LogP) is 3.15. The third-order valence-electron chi connectivity index (χ3n) is 2.83. The molecule has 2 rings (SSSR count). The first-order valence-corrected chi connectivity index (χ1v) is 6.13. The molecule has 0 aromatic heterocycles. The van der Waals surface area contributed by atoms with E-state index in [1.165, 1.54) is 0 Å². The molecule has 0 amide bonds. The summed E-state index contributed by atoms with van der Waals surface area (Å²) in [5.41, 5.74) is 7.59. The van der Waals surface area contributed by atoms with Gasteiger partial charge in [-0.3, -0.25) is 4.79 Å². The molecule has 0 saturated heterocycles. The summed E-state index contributed by atoms with van der Waals surface area (Å²) in [4.78, 5) is 12.1. The molecule has 0 radical (unpaired) electrons. The molecule has 92 valence electrons. The van der Waals surface area contributed by atoms with Gasteiger partial charge in [0, 0.05) is 11.4 Å². The molecule has 3 heteroatoms. The van der Waals surface area contributed by atoms with Crippen LogP contribution in [0, 0.1) is 0 Å². The van der Waals surface area contributed by atoms with Crippen LogP contribution in [0.3, 0.4) is 0 Å². The SMILES string of the molecule is NC(C(=O)Cc1ccccc1Cl)c1ccccc1. The maximum atomic E-state index is 12.1. The number of rotatable bonds is 4. The van der Waals surface area contributed by atoms with Gasteiger partial charge in [-0.25, -0.2) is 0 Å². The summed E-state index contributed by atoms with van der Waals surface area (Å²) in [6, 6.07) is 16.1. The molecule has 0 spiro atoms. The van der Waals surface area contributed by atoms with Crippen molar-refractivity contribution < 1.29 is 4.79 Å². The molecule has 0 aliphatic rings. The summed E-state index contributed by atoms with van der Waals surface area (Å²) in [5.74, 6) is -0.0331. The van der Waals surface area contributed by atoms with E-state index in [2.05, 4.69) is 0 Å². The van der Waals surface area contributed by atoms with Crippen molar-refractivity contribution in [3.8, 4) is 0 Å². The Labute approximate surface area is 111 Å². The molecular formula is C15H14ClNO. The summed E-state index contributed by atoms with van der Waals surface area (Å²) in [6.45, 7) is 0. The van der Waals surface area contributed by atoms with Crippen LogP contribution in [-0.2, 0) is 11.2 Å². The molecule has 1 unspecified atom stereocenters. The van der Waals surface area contributed by atoms with Crippen molar-refractivity contribution in [2.24, 2.45) is 5.73 Å². The fraction of sp³-hybridized carbons (Fsp3) is 0.133. The zero-order valence-corrected chi connectivity index (χ0v) is 10.6. The summed E-state index contributed by atoms with van der Waals surface area (Å²) in [5, 5.41) is 0.603. The van der Waals surface area contributed by atoms with Gasteiger partial charge in [0.05, 0.1) is 6.04 Å². The second-order valence-electron chi connectivity index (χ2n) is 4.12. The number of hydrogen-bond acceptors (Lipinski definition) is 2. The summed E-state index contributed by atoms with van der Waals surface area (Å²) >= 11 is 6.03. The number of carbonyl (C=O) groups excluding carboxylic acids is 1. The lowest BCUT2D eigenvalue weighted by molar-refractivity contribution is -0.119. The van der Waals surface area contributed by atoms with Crippen molar-refractivity contribution in [1.29, 1.82) is 0 Å². The van der Waals surface area contributed by atoms with Gasteiger partial charge in [-0.1, -0.05) is 60.1 Å². The van der Waals surface area contributed by atoms with Crippen LogP contribution in [0.2, 0.25) is 5.02 Å². The molecule has 0 fully saturated rings. The topological polar surface area (TPSA) is 43.1 Å². The van der Waals surface area contributed by atoms with Gasteiger partial charge < -0.3 is 5.73 Å².